The number of aromatic amines is 1. The zero-order valence-corrected chi connectivity index (χ0v) is 71.7. The maximum atomic E-state index is 10.8. The van der Waals surface area contributed by atoms with Gasteiger partial charge in [-0.2, -0.15) is 4.98 Å². The molecule has 0 radical (unpaired) electrons. The number of anilines is 1. The van der Waals surface area contributed by atoms with Gasteiger partial charge >= 0.3 is 0 Å². The van der Waals surface area contributed by atoms with Crippen LogP contribution in [0.4, 0.5) is 5.82 Å². The van der Waals surface area contributed by atoms with Gasteiger partial charge in [0.15, 0.2) is 0 Å². The first-order valence-electron chi connectivity index (χ1n) is 37.3. The van der Waals surface area contributed by atoms with Crippen LogP contribution in [0.15, 0.2) is 213 Å². The summed E-state index contributed by atoms with van der Waals surface area (Å²) in [5.74, 6) is 2.78. The fourth-order valence-electron chi connectivity index (χ4n) is 10.2. The number of hydrogen-bond acceptors (Lipinski definition) is 13. The van der Waals surface area contributed by atoms with Crippen molar-refractivity contribution in [3.63, 3.8) is 0 Å². The Balaban J connectivity index is 0.000000260. The molecule has 0 spiro atoms. The molecule has 0 atom stereocenters. The Morgan fingerprint density at radius 3 is 1.42 bits per heavy atom. The number of primary amides is 1. The van der Waals surface area contributed by atoms with Crippen LogP contribution in [-0.4, -0.2) is 74.9 Å². The molecule has 0 fully saturated rings. The van der Waals surface area contributed by atoms with E-state index in [2.05, 4.69) is 323 Å². The number of carbonyl (C=O) groups excluding carboxylic acids is 1. The van der Waals surface area contributed by atoms with E-state index in [1.807, 2.05) is 82.7 Å². The molecule has 1 amide bonds. The number of rotatable bonds is 3. The van der Waals surface area contributed by atoms with Crippen molar-refractivity contribution in [2.24, 2.45) is 5.73 Å². The van der Waals surface area contributed by atoms with Gasteiger partial charge in [-0.05, 0) is 133 Å². The van der Waals surface area contributed by atoms with Crippen molar-refractivity contribution in [1.29, 1.82) is 0 Å². The maximum absolute atomic E-state index is 10.8. The molecule has 8 heterocycles. The molecule has 15 nitrogen and oxygen atoms in total. The van der Waals surface area contributed by atoms with Crippen molar-refractivity contribution in [1.82, 2.24) is 54.8 Å². The van der Waals surface area contributed by atoms with Gasteiger partial charge in [-0.1, -0.05) is 277 Å². The predicted molar refractivity (Wildman–Crippen MR) is 461 cm³/mol. The normalized spacial score (nSPS) is 11.7. The fourth-order valence-corrected chi connectivity index (χ4v) is 10.4. The summed E-state index contributed by atoms with van der Waals surface area (Å²) in [6.45, 7) is 58.1. The van der Waals surface area contributed by atoms with E-state index < -0.39 is 5.91 Å². The molecule has 16 heteroatoms. The monoisotopic (exact) mass is 1490 g/mol. The summed E-state index contributed by atoms with van der Waals surface area (Å²) < 4.78 is 5.00. The van der Waals surface area contributed by atoms with Gasteiger partial charge in [0.2, 0.25) is 5.88 Å². The van der Waals surface area contributed by atoms with E-state index in [9.17, 15) is 4.79 Å². The number of nitrogens with two attached hydrogens (primary N) is 1. The van der Waals surface area contributed by atoms with Gasteiger partial charge < -0.3 is 20.8 Å². The van der Waals surface area contributed by atoms with Gasteiger partial charge in [0.25, 0.3) is 5.91 Å². The molecule has 0 saturated carbocycles. The standard InChI is InChI=1S/C14H16.C13H15N.C12H15N.C10H14N2O.C10H16N2.C9H12ClN.C9H14N2O.2C8H12N2/c1-14(2,3)13-10-6-8-11-7-4-5-9-12(11)13;1-13(2,3)11-8-9-14-12-7-5-4-6-10(11)12;1-12(2,3)10-4-5-11-9(8-10)6-7-13-11;1-10(2,3)8-6-4-5-7(12-8)9(11)13;1-10(2,3)8-6-5-7-9(11-4)12-8;1-9(2,3)7-4-5-11-8(10)6-7;1-9(2,3)8-10-6-5-7(11-8)12-4;1-8(2,3)7-6-9-4-5-10-7;1-8(2,3)7-9-5-4-6-10-7/h4-10H,1-3H3;4-9H,1-3H3;4-8,13H,1-3H3;4-6H,1-3H3,(H2,11,13);5-7H,1-4H3,(H,11,12);4-6H,1-3H3;5-6H,1-4H3;2*4-6H,1-3H3. The lowest BCUT2D eigenvalue weighted by molar-refractivity contribution is 0.0995. The first kappa shape index (κ1) is 91.5. The van der Waals surface area contributed by atoms with Crippen molar-refractivity contribution in [3.8, 4) is 5.88 Å². The molecule has 109 heavy (non-hydrogen) atoms. The van der Waals surface area contributed by atoms with Gasteiger partial charge in [0.05, 0.1) is 18.3 Å². The third-order valence-electron chi connectivity index (χ3n) is 16.7. The number of H-pyrrole nitrogens is 1. The van der Waals surface area contributed by atoms with Gasteiger partial charge in [-0.3, -0.25) is 19.7 Å². The average molecular weight is 1490 g/mol. The highest BCUT2D eigenvalue weighted by molar-refractivity contribution is 6.29. The Labute approximate surface area is 658 Å². The molecule has 4 N–H and O–H groups in total. The number of nitrogens with zero attached hydrogens (tertiary/aromatic N) is 10. The van der Waals surface area contributed by atoms with Crippen LogP contribution in [0.3, 0.4) is 0 Å². The average Bonchev–Trinajstić information content (AvgIpc) is 0.915. The Kier molecular flexibility index (Phi) is 33.6. The molecule has 0 aliphatic rings. The number of benzene rings is 4. The number of aromatic nitrogens is 11. The molecular weight excluding hydrogens is 1370 g/mol. The number of halogens is 1. The quantitative estimate of drug-likeness (QED) is 0.141. The SMILES string of the molecule is CC(C)(C)c1ccc2[nH]ccc2c1.CC(C)(C)c1cccc(C(N)=O)n1.CC(C)(C)c1cccc2ccccc12.CC(C)(C)c1ccnc(Cl)c1.CC(C)(C)c1ccnc2ccccc12.CC(C)(C)c1cnccn1.CC(C)(C)c1ncccn1.CNc1cccc(C(C)(C)C)n1.COc1ccnc(C(C)(C)C)n1. The molecule has 4 aromatic carbocycles. The summed E-state index contributed by atoms with van der Waals surface area (Å²) >= 11 is 5.74. The Morgan fingerprint density at radius 1 is 0.404 bits per heavy atom. The lowest BCUT2D eigenvalue weighted by atomic mass is 9.84. The van der Waals surface area contributed by atoms with Gasteiger partial charge in [0.1, 0.15) is 28.3 Å². The number of carbonyl (C=O) groups is 1. The Morgan fingerprint density at radius 2 is 0.917 bits per heavy atom. The van der Waals surface area contributed by atoms with E-state index in [1.54, 1.807) is 68.7 Å². The lowest BCUT2D eigenvalue weighted by Crippen LogP contribution is -2.18. The Bertz CT molecular complexity index is 4500. The van der Waals surface area contributed by atoms with Crippen molar-refractivity contribution in [2.75, 3.05) is 19.5 Å². The highest BCUT2D eigenvalue weighted by atomic mass is 35.5. The van der Waals surface area contributed by atoms with E-state index in [4.69, 9.17) is 22.1 Å². The number of pyridine rings is 4. The van der Waals surface area contributed by atoms with Crippen LogP contribution in [0.5, 0.6) is 5.88 Å². The van der Waals surface area contributed by atoms with Crippen LogP contribution < -0.4 is 15.8 Å². The molecule has 0 bridgehead atoms. The van der Waals surface area contributed by atoms with Crippen LogP contribution >= 0.6 is 11.6 Å². The Hall–Kier alpha value is -9.86. The first-order chi connectivity index (χ1) is 50.4. The zero-order valence-electron chi connectivity index (χ0n) is 71.0. The topological polar surface area (TPSA) is 209 Å². The van der Waals surface area contributed by atoms with Gasteiger partial charge in [-0.15, -0.1) is 0 Å². The molecule has 0 aliphatic heterocycles. The van der Waals surface area contributed by atoms with E-state index in [0.29, 0.717) is 16.7 Å². The number of methoxy groups -OCH3 is 1. The van der Waals surface area contributed by atoms with Crippen molar-refractivity contribution < 1.29 is 9.53 Å². The number of para-hydroxylation sites is 1. The second kappa shape index (κ2) is 40.0. The number of fused-ring (bicyclic) bond motifs is 3. The fraction of sp³-hybridized carbons (Fsp3) is 0.409. The smallest absolute Gasteiger partial charge is 0.267 e. The van der Waals surface area contributed by atoms with Crippen LogP contribution in [0.25, 0.3) is 32.6 Å². The van der Waals surface area contributed by atoms with E-state index in [-0.39, 0.29) is 48.7 Å². The van der Waals surface area contributed by atoms with Gasteiger partial charge in [-0.25, -0.2) is 29.9 Å². The zero-order chi connectivity index (χ0) is 82.0. The van der Waals surface area contributed by atoms with Crippen LogP contribution in [-0.2, 0) is 48.7 Å². The number of hydrogen-bond donors (Lipinski definition) is 3. The second-order valence-electron chi connectivity index (χ2n) is 35.8. The van der Waals surface area contributed by atoms with Crippen molar-refractivity contribution in [3.05, 3.63) is 275 Å². The minimum Gasteiger partial charge on any atom is -0.481 e. The predicted octanol–water partition coefficient (Wildman–Crippen LogP) is 23.4. The summed E-state index contributed by atoms with van der Waals surface area (Å²) in [7, 11) is 3.49. The summed E-state index contributed by atoms with van der Waals surface area (Å²) in [6.07, 6.45) is 16.1. The molecular formula is C93H126ClN13O2. The molecule has 0 aliphatic carbocycles. The van der Waals surface area contributed by atoms with E-state index in [0.717, 1.165) is 40.1 Å². The second-order valence-corrected chi connectivity index (χ2v) is 36.2. The highest BCUT2D eigenvalue weighted by Crippen LogP contribution is 2.32. The minimum atomic E-state index is -0.480. The van der Waals surface area contributed by atoms with Gasteiger partial charge in [0, 0.05) is 118 Å². The van der Waals surface area contributed by atoms with Crippen molar-refractivity contribution >= 4 is 55.9 Å². The van der Waals surface area contributed by atoms with E-state index >= 15 is 0 Å². The summed E-state index contributed by atoms with van der Waals surface area (Å²) in [5, 5.41) is 8.87. The molecule has 0 unspecified atom stereocenters. The lowest BCUT2D eigenvalue weighted by Gasteiger charge is -2.21. The maximum Gasteiger partial charge on any atom is 0.267 e. The number of ether oxygens (including phenoxy) is 1. The molecule has 8 aromatic heterocycles. The first-order valence-corrected chi connectivity index (χ1v) is 37.7. The number of amides is 1. The summed E-state index contributed by atoms with van der Waals surface area (Å²) in [5.41, 5.74) is 17.2. The molecule has 0 saturated heterocycles. The van der Waals surface area contributed by atoms with Crippen molar-refractivity contribution in [2.45, 2.75) is 236 Å². The highest BCUT2D eigenvalue weighted by Gasteiger charge is 2.22. The van der Waals surface area contributed by atoms with E-state index in [1.165, 1.54) is 49.3 Å². The molecule has 12 rings (SSSR count). The largest absolute Gasteiger partial charge is 0.481 e. The summed E-state index contributed by atoms with van der Waals surface area (Å²) in [4.78, 5) is 55.8. The molecule has 582 valence electrons. The third kappa shape index (κ3) is 31.7. The summed E-state index contributed by atoms with van der Waals surface area (Å²) in [6, 6.07) is 53.1. The van der Waals surface area contributed by atoms with Crippen LogP contribution in [0.2, 0.25) is 5.15 Å². The van der Waals surface area contributed by atoms with Crippen LogP contribution in [0, 0.1) is 0 Å². The number of nitrogens with one attached hydrogen (secondary N) is 2. The third-order valence-corrected chi connectivity index (χ3v) is 16.9. The minimum absolute atomic E-state index is 0.0193. The van der Waals surface area contributed by atoms with Crippen LogP contribution in [0.1, 0.15) is 248 Å². The molecule has 12 aromatic rings.